The Bertz CT molecular complexity index is 821. The van der Waals surface area contributed by atoms with Crippen LogP contribution < -0.4 is 10.6 Å². The SMILES string of the molecule is [2H]c1nc(N)c([2H])c(N2C([2H])([2H])C([2H])([2H])C([2H])([2H])C([2H])([2H])C2([2H])C([2H])([2H])[2H])c1[2H]. The zero-order valence-electron chi connectivity index (χ0n) is 22.0. The molecule has 2 N–H and O–H groups in total. The Hall–Kier alpha value is -1.25. The van der Waals surface area contributed by atoms with E-state index in [9.17, 15) is 0 Å². The number of nitrogen functional groups attached to an aromatic ring is 1. The molecule has 2 heterocycles. The van der Waals surface area contributed by atoms with Gasteiger partial charge in [-0.1, -0.05) is 0 Å². The molecule has 1 aromatic rings. The van der Waals surface area contributed by atoms with Crippen LogP contribution in [0, 0.1) is 0 Å². The molecule has 1 fully saturated rings. The maximum atomic E-state index is 8.44. The van der Waals surface area contributed by atoms with Gasteiger partial charge in [0, 0.05) is 45.5 Å². The predicted octanol–water partition coefficient (Wildman–Crippen LogP) is 2.04. The minimum absolute atomic E-state index is 0.297. The molecule has 2 rings (SSSR count). The Balaban J connectivity index is 3.14. The monoisotopic (exact) mass is 206 g/mol. The minimum Gasteiger partial charge on any atom is -0.384 e. The van der Waals surface area contributed by atoms with Gasteiger partial charge in [0.05, 0.1) is 5.48 Å². The Morgan fingerprint density at radius 2 is 2.79 bits per heavy atom. The van der Waals surface area contributed by atoms with Crippen molar-refractivity contribution in [2.45, 2.75) is 32.0 Å². The van der Waals surface area contributed by atoms with Crippen molar-refractivity contribution in [2.75, 3.05) is 17.1 Å². The summed E-state index contributed by atoms with van der Waals surface area (Å²) in [6, 6.07) is -5.97. The van der Waals surface area contributed by atoms with Gasteiger partial charge < -0.3 is 10.6 Å². The molecular weight excluding hydrogens is 174 g/mol. The van der Waals surface area contributed by atoms with E-state index in [1.807, 2.05) is 0 Å². The van der Waals surface area contributed by atoms with E-state index < -0.39 is 68.2 Å². The number of nitrogens with two attached hydrogens (primary N) is 1. The van der Waals surface area contributed by atoms with E-state index in [0.717, 1.165) is 0 Å². The fourth-order valence-corrected chi connectivity index (χ4v) is 0.887. The van der Waals surface area contributed by atoms with Crippen LogP contribution in [-0.4, -0.2) is 17.5 Å². The minimum atomic E-state index is -3.89. The first kappa shape index (κ1) is 2.13. The largest absolute Gasteiger partial charge is 0.384 e. The van der Waals surface area contributed by atoms with Crippen LogP contribution in [-0.2, 0) is 0 Å². The summed E-state index contributed by atoms with van der Waals surface area (Å²) in [6.45, 7) is -7.56. The van der Waals surface area contributed by atoms with E-state index in [1.54, 1.807) is 0 Å². The first-order valence-electron chi connectivity index (χ1n) is 11.2. The third-order valence-corrected chi connectivity index (χ3v) is 1.46. The van der Waals surface area contributed by atoms with Gasteiger partial charge in [-0.05, 0) is 32.0 Å². The quantitative estimate of drug-likeness (QED) is 0.764. The van der Waals surface area contributed by atoms with Crippen LogP contribution in [0.3, 0.4) is 0 Å². The van der Waals surface area contributed by atoms with Crippen LogP contribution in [0.1, 0.15) is 46.5 Å². The summed E-state index contributed by atoms with van der Waals surface area (Å²) in [7, 11) is 0. The van der Waals surface area contributed by atoms with Gasteiger partial charge in [0.15, 0.2) is 0 Å². The molecule has 0 amide bonds. The highest BCUT2D eigenvalue weighted by atomic mass is 15.2. The number of pyridine rings is 1. The lowest BCUT2D eigenvalue weighted by molar-refractivity contribution is 0.485. The number of piperidine rings is 1. The molecule has 1 saturated heterocycles. The Morgan fingerprint density at radius 1 is 1.86 bits per heavy atom. The van der Waals surface area contributed by atoms with Gasteiger partial charge in [0.25, 0.3) is 0 Å². The highest BCUT2D eigenvalue weighted by Gasteiger charge is 2.18. The van der Waals surface area contributed by atoms with Crippen molar-refractivity contribution < 1.29 is 20.6 Å². The van der Waals surface area contributed by atoms with Crippen LogP contribution >= 0.6 is 0 Å². The lowest BCUT2D eigenvalue weighted by atomic mass is 10.0. The van der Waals surface area contributed by atoms with Gasteiger partial charge in [0.2, 0.25) is 0 Å². The second-order valence-electron chi connectivity index (χ2n) is 2.38. The van der Waals surface area contributed by atoms with Crippen LogP contribution in [0.2, 0.25) is 0 Å². The lowest BCUT2D eigenvalue weighted by Crippen LogP contribution is -2.37. The average Bonchev–Trinajstić information content (AvgIpc) is 2.53. The van der Waals surface area contributed by atoms with Crippen LogP contribution in [0.25, 0.3) is 0 Å². The van der Waals surface area contributed by atoms with Crippen LogP contribution in [0.15, 0.2) is 18.3 Å². The number of rotatable bonds is 1. The standard InChI is InChI=1S/C11H17N3/c1-9-4-2-3-7-14(9)10-5-6-13-11(12)8-10/h5-6,8-9H,2-4,7H2,1H3,(H2,12,13)/i1D3,2D2,3D2,4D2,5D,6D,7D2,8D,9D. The maximum Gasteiger partial charge on any atom is 0.125 e. The molecule has 76 valence electrons. The molecule has 1 unspecified atom stereocenters. The topological polar surface area (TPSA) is 42.1 Å². The molecule has 1 aliphatic rings. The molecule has 0 spiro atoms. The second kappa shape index (κ2) is 3.86. The molecule has 1 aromatic heterocycles. The van der Waals surface area contributed by atoms with Crippen molar-refractivity contribution in [2.24, 2.45) is 0 Å². The summed E-state index contributed by atoms with van der Waals surface area (Å²) in [4.78, 5) is 3.05. The Kier molecular flexibility index (Phi) is 0.588. The summed E-state index contributed by atoms with van der Waals surface area (Å²) in [5, 5.41) is 0. The van der Waals surface area contributed by atoms with Crippen LogP contribution in [0.4, 0.5) is 11.5 Å². The maximum absolute atomic E-state index is 8.44. The van der Waals surface area contributed by atoms with Gasteiger partial charge in [-0.25, -0.2) is 4.98 Å². The van der Waals surface area contributed by atoms with E-state index >= 15 is 0 Å². The van der Waals surface area contributed by atoms with Gasteiger partial charge in [-0.15, -0.1) is 0 Å². The highest BCUT2D eigenvalue weighted by Crippen LogP contribution is 2.24. The van der Waals surface area contributed by atoms with E-state index in [-0.39, 0.29) is 4.90 Å². The van der Waals surface area contributed by atoms with Gasteiger partial charge in [0.1, 0.15) is 5.82 Å². The molecule has 0 aliphatic carbocycles. The average molecular weight is 206 g/mol. The number of anilines is 2. The summed E-state index contributed by atoms with van der Waals surface area (Å²) in [6.07, 6.45) is -12.4. The fourth-order valence-electron chi connectivity index (χ4n) is 0.887. The van der Waals surface area contributed by atoms with Gasteiger partial charge in [-0.3, -0.25) is 0 Å². The smallest absolute Gasteiger partial charge is 0.125 e. The molecule has 0 saturated carbocycles. The van der Waals surface area contributed by atoms with Crippen molar-refractivity contribution in [1.29, 1.82) is 0 Å². The third-order valence-electron chi connectivity index (χ3n) is 1.46. The van der Waals surface area contributed by atoms with Crippen molar-refractivity contribution in [3.63, 3.8) is 0 Å². The van der Waals surface area contributed by atoms with E-state index in [2.05, 4.69) is 4.98 Å². The molecule has 1 aliphatic heterocycles. The Morgan fingerprint density at radius 3 is 3.64 bits per heavy atom. The number of nitrogens with zero attached hydrogens (tertiary/aromatic N) is 2. The van der Waals surface area contributed by atoms with E-state index in [4.69, 9.17) is 26.3 Å². The summed E-state index contributed by atoms with van der Waals surface area (Å²) in [5.41, 5.74) is 4.31. The number of hydrogen-bond acceptors (Lipinski definition) is 3. The summed E-state index contributed by atoms with van der Waals surface area (Å²) >= 11 is 0. The van der Waals surface area contributed by atoms with E-state index in [1.165, 1.54) is 0 Å². The Labute approximate surface area is 106 Å². The predicted molar refractivity (Wildman–Crippen MR) is 59.3 cm³/mol. The van der Waals surface area contributed by atoms with Crippen molar-refractivity contribution in [3.8, 4) is 0 Å². The van der Waals surface area contributed by atoms with Gasteiger partial charge in [-0.2, -0.15) is 0 Å². The fraction of sp³-hybridized carbons (Fsp3) is 0.545. The highest BCUT2D eigenvalue weighted by molar-refractivity contribution is 5.52. The number of hydrogen-bond donors (Lipinski definition) is 1. The molecule has 3 heteroatoms. The molecule has 0 radical (unpaired) electrons. The zero-order chi connectivity index (χ0) is 23.2. The molecule has 3 nitrogen and oxygen atoms in total. The van der Waals surface area contributed by atoms with Crippen LogP contribution in [0.5, 0.6) is 0 Å². The second-order valence-corrected chi connectivity index (χ2v) is 2.38. The third kappa shape index (κ3) is 1.81. The molecule has 1 atom stereocenters. The molecule has 0 aromatic carbocycles. The van der Waals surface area contributed by atoms with Crippen molar-refractivity contribution in [1.82, 2.24) is 4.98 Å². The van der Waals surface area contributed by atoms with Crippen molar-refractivity contribution >= 4 is 11.5 Å². The normalized spacial score (nSPS) is 58.6. The van der Waals surface area contributed by atoms with Gasteiger partial charge >= 0.3 is 0 Å². The summed E-state index contributed by atoms with van der Waals surface area (Å²) in [5.74, 6) is -0.764. The van der Waals surface area contributed by atoms with Crippen molar-refractivity contribution in [3.05, 3.63) is 18.3 Å². The molecule has 0 bridgehead atoms. The number of aromatic nitrogens is 1. The zero-order valence-corrected chi connectivity index (χ0v) is 6.97. The lowest BCUT2D eigenvalue weighted by Gasteiger charge is -2.35. The summed E-state index contributed by atoms with van der Waals surface area (Å²) < 4.78 is 119. The first-order chi connectivity index (χ1) is 12.6. The molecule has 14 heavy (non-hydrogen) atoms. The van der Waals surface area contributed by atoms with E-state index in [0.29, 0.717) is 0 Å². The first-order valence-corrected chi connectivity index (χ1v) is 3.66. The molecular formula is C11H17N3.